The molecule has 1 aromatic carbocycles. The van der Waals surface area contributed by atoms with E-state index in [9.17, 15) is 0 Å². The predicted octanol–water partition coefficient (Wildman–Crippen LogP) is 4.07. The molecule has 1 unspecified atom stereocenters. The third-order valence-corrected chi connectivity index (χ3v) is 3.33. The molecule has 0 aliphatic carbocycles. The van der Waals surface area contributed by atoms with Gasteiger partial charge in [-0.1, -0.05) is 0 Å². The van der Waals surface area contributed by atoms with Crippen molar-refractivity contribution in [1.82, 2.24) is 9.97 Å². The fourth-order valence-corrected chi connectivity index (χ4v) is 2.24. The van der Waals surface area contributed by atoms with E-state index in [1.165, 1.54) is 0 Å². The van der Waals surface area contributed by atoms with Gasteiger partial charge in [0.1, 0.15) is 5.75 Å². The summed E-state index contributed by atoms with van der Waals surface area (Å²) in [5, 5.41) is -0.0772. The number of rotatable bonds is 3. The number of halogens is 1. The third-order valence-electron chi connectivity index (χ3n) is 3.10. The first-order valence-corrected chi connectivity index (χ1v) is 6.59. The SMILES string of the molecule is COc1ccc(-c2ncc(C(C)Cl)c(C)n2)cc1C. The van der Waals surface area contributed by atoms with E-state index in [2.05, 4.69) is 9.97 Å². The summed E-state index contributed by atoms with van der Waals surface area (Å²) in [6, 6.07) is 5.92. The van der Waals surface area contributed by atoms with Crippen molar-refractivity contribution in [3.8, 4) is 17.1 Å². The zero-order valence-corrected chi connectivity index (χ0v) is 12.3. The van der Waals surface area contributed by atoms with Crippen LogP contribution >= 0.6 is 11.6 Å². The first-order valence-electron chi connectivity index (χ1n) is 6.15. The van der Waals surface area contributed by atoms with Crippen LogP contribution in [0.5, 0.6) is 5.75 Å². The second kappa shape index (κ2) is 5.57. The van der Waals surface area contributed by atoms with Crippen molar-refractivity contribution in [3.63, 3.8) is 0 Å². The number of aromatic nitrogens is 2. The summed E-state index contributed by atoms with van der Waals surface area (Å²) >= 11 is 6.08. The van der Waals surface area contributed by atoms with Crippen molar-refractivity contribution in [3.05, 3.63) is 41.2 Å². The molecule has 4 heteroatoms. The fraction of sp³-hybridized carbons (Fsp3) is 0.333. The first kappa shape index (κ1) is 13.8. The minimum absolute atomic E-state index is 0.0772. The van der Waals surface area contributed by atoms with Gasteiger partial charge in [-0.25, -0.2) is 9.97 Å². The highest BCUT2D eigenvalue weighted by Crippen LogP contribution is 2.26. The Balaban J connectivity index is 2.42. The molecule has 3 nitrogen and oxygen atoms in total. The van der Waals surface area contributed by atoms with Crippen LogP contribution in [-0.2, 0) is 0 Å². The zero-order chi connectivity index (χ0) is 14.0. The summed E-state index contributed by atoms with van der Waals surface area (Å²) in [7, 11) is 1.67. The maximum atomic E-state index is 6.08. The molecule has 0 N–H and O–H groups in total. The second-order valence-corrected chi connectivity index (χ2v) is 5.19. The van der Waals surface area contributed by atoms with Crippen LogP contribution in [0.1, 0.15) is 29.1 Å². The van der Waals surface area contributed by atoms with Crippen LogP contribution in [0.15, 0.2) is 24.4 Å². The number of alkyl halides is 1. The normalized spacial score (nSPS) is 12.3. The van der Waals surface area contributed by atoms with Gasteiger partial charge in [0.15, 0.2) is 5.82 Å². The van der Waals surface area contributed by atoms with E-state index >= 15 is 0 Å². The molecule has 0 saturated heterocycles. The molecule has 0 aliphatic heterocycles. The molecule has 2 rings (SSSR count). The Morgan fingerprint density at radius 2 is 2.00 bits per heavy atom. The molecule has 0 fully saturated rings. The van der Waals surface area contributed by atoms with E-state index in [0.29, 0.717) is 5.82 Å². The molecular formula is C15H17ClN2O. The molecule has 0 aliphatic rings. The molecule has 100 valence electrons. The topological polar surface area (TPSA) is 35.0 Å². The number of nitrogens with zero attached hydrogens (tertiary/aromatic N) is 2. The molecule has 0 radical (unpaired) electrons. The van der Waals surface area contributed by atoms with Crippen molar-refractivity contribution in [2.45, 2.75) is 26.1 Å². The van der Waals surface area contributed by atoms with Gasteiger partial charge in [0.2, 0.25) is 0 Å². The molecule has 0 amide bonds. The summed E-state index contributed by atoms with van der Waals surface area (Å²) in [5.41, 5.74) is 3.93. The maximum absolute atomic E-state index is 6.08. The lowest BCUT2D eigenvalue weighted by molar-refractivity contribution is 0.412. The molecule has 1 aromatic heterocycles. The van der Waals surface area contributed by atoms with Gasteiger partial charge in [0.05, 0.1) is 12.5 Å². The van der Waals surface area contributed by atoms with Gasteiger partial charge in [-0.2, -0.15) is 0 Å². The highest BCUT2D eigenvalue weighted by Gasteiger charge is 2.10. The quantitative estimate of drug-likeness (QED) is 0.793. The summed E-state index contributed by atoms with van der Waals surface area (Å²) in [6.07, 6.45) is 1.80. The Morgan fingerprint density at radius 3 is 2.53 bits per heavy atom. The average Bonchev–Trinajstić information content (AvgIpc) is 2.38. The standard InChI is InChI=1S/C15H17ClN2O/c1-9-7-12(5-6-14(9)19-4)15-17-8-13(10(2)16)11(3)18-15/h5-8,10H,1-4H3. The number of methoxy groups -OCH3 is 1. The summed E-state index contributed by atoms with van der Waals surface area (Å²) in [4.78, 5) is 8.92. The largest absolute Gasteiger partial charge is 0.496 e. The van der Waals surface area contributed by atoms with Crippen LogP contribution in [0.25, 0.3) is 11.4 Å². The van der Waals surface area contributed by atoms with E-state index in [-0.39, 0.29) is 5.38 Å². The van der Waals surface area contributed by atoms with Crippen LogP contribution < -0.4 is 4.74 Å². The van der Waals surface area contributed by atoms with E-state index in [4.69, 9.17) is 16.3 Å². The lowest BCUT2D eigenvalue weighted by Crippen LogP contribution is -1.99. The van der Waals surface area contributed by atoms with Crippen molar-refractivity contribution in [2.75, 3.05) is 7.11 Å². The van der Waals surface area contributed by atoms with Crippen molar-refractivity contribution >= 4 is 11.6 Å². The molecule has 2 aromatic rings. The van der Waals surface area contributed by atoms with Crippen LogP contribution in [0.4, 0.5) is 0 Å². The van der Waals surface area contributed by atoms with E-state index < -0.39 is 0 Å². The maximum Gasteiger partial charge on any atom is 0.159 e. The van der Waals surface area contributed by atoms with Crippen molar-refractivity contribution in [1.29, 1.82) is 0 Å². The summed E-state index contributed by atoms with van der Waals surface area (Å²) in [5.74, 6) is 1.58. The van der Waals surface area contributed by atoms with E-state index in [0.717, 1.165) is 28.1 Å². The van der Waals surface area contributed by atoms with Gasteiger partial charge in [0.25, 0.3) is 0 Å². The van der Waals surface area contributed by atoms with E-state index in [1.807, 2.05) is 39.0 Å². The molecule has 1 heterocycles. The molecule has 1 atom stereocenters. The minimum atomic E-state index is -0.0772. The fourth-order valence-electron chi connectivity index (χ4n) is 2.02. The van der Waals surface area contributed by atoms with Gasteiger partial charge in [-0.3, -0.25) is 0 Å². The first-order chi connectivity index (χ1) is 9.02. The average molecular weight is 277 g/mol. The number of ether oxygens (including phenoxy) is 1. The van der Waals surface area contributed by atoms with Crippen LogP contribution in [0.2, 0.25) is 0 Å². The minimum Gasteiger partial charge on any atom is -0.496 e. The summed E-state index contributed by atoms with van der Waals surface area (Å²) < 4.78 is 5.25. The van der Waals surface area contributed by atoms with Gasteiger partial charge in [0, 0.05) is 23.0 Å². The Morgan fingerprint density at radius 1 is 1.26 bits per heavy atom. The predicted molar refractivity (Wildman–Crippen MR) is 77.8 cm³/mol. The number of hydrogen-bond donors (Lipinski definition) is 0. The smallest absolute Gasteiger partial charge is 0.159 e. The lowest BCUT2D eigenvalue weighted by atomic mass is 10.1. The third kappa shape index (κ3) is 2.87. The Bertz CT molecular complexity index is 597. The molecular weight excluding hydrogens is 260 g/mol. The number of aryl methyl sites for hydroxylation is 2. The van der Waals surface area contributed by atoms with Gasteiger partial charge in [-0.05, 0) is 44.5 Å². The van der Waals surface area contributed by atoms with Crippen LogP contribution in [-0.4, -0.2) is 17.1 Å². The number of hydrogen-bond acceptors (Lipinski definition) is 3. The molecule has 0 saturated carbocycles. The van der Waals surface area contributed by atoms with Gasteiger partial charge >= 0.3 is 0 Å². The summed E-state index contributed by atoms with van der Waals surface area (Å²) in [6.45, 7) is 5.88. The van der Waals surface area contributed by atoms with Crippen LogP contribution in [0.3, 0.4) is 0 Å². The lowest BCUT2D eigenvalue weighted by Gasteiger charge is -2.10. The molecule has 19 heavy (non-hydrogen) atoms. The Kier molecular flexibility index (Phi) is 4.05. The van der Waals surface area contributed by atoms with Gasteiger partial charge in [-0.15, -0.1) is 11.6 Å². The molecule has 0 spiro atoms. The van der Waals surface area contributed by atoms with E-state index in [1.54, 1.807) is 13.3 Å². The van der Waals surface area contributed by atoms with Gasteiger partial charge < -0.3 is 4.74 Å². The number of benzene rings is 1. The second-order valence-electron chi connectivity index (χ2n) is 4.53. The monoisotopic (exact) mass is 276 g/mol. The van der Waals surface area contributed by atoms with Crippen LogP contribution in [0, 0.1) is 13.8 Å². The van der Waals surface area contributed by atoms with Crippen molar-refractivity contribution in [2.24, 2.45) is 0 Å². The zero-order valence-electron chi connectivity index (χ0n) is 11.6. The van der Waals surface area contributed by atoms with Crippen molar-refractivity contribution < 1.29 is 4.74 Å². The Labute approximate surface area is 118 Å². The molecule has 0 bridgehead atoms. The highest BCUT2D eigenvalue weighted by molar-refractivity contribution is 6.20. The highest BCUT2D eigenvalue weighted by atomic mass is 35.5. The Hall–Kier alpha value is -1.61.